The molecule has 0 bridgehead atoms. The summed E-state index contributed by atoms with van der Waals surface area (Å²) in [7, 11) is 0. The number of nitrogens with zero attached hydrogens (tertiary/aromatic N) is 1. The monoisotopic (exact) mass is 357 g/mol. The molecule has 0 saturated carbocycles. The number of hydrogen-bond acceptors (Lipinski definition) is 1. The fraction of sp³-hybridized carbons (Fsp3) is 0.0370. The molecule has 0 fully saturated rings. The molecule has 0 aliphatic carbocycles. The van der Waals surface area contributed by atoms with Gasteiger partial charge in [0.05, 0.1) is 11.4 Å². The molecule has 1 aliphatic rings. The van der Waals surface area contributed by atoms with Gasteiger partial charge in [-0.25, -0.2) is 0 Å². The molecule has 132 valence electrons. The maximum absolute atomic E-state index is 2.44. The van der Waals surface area contributed by atoms with Gasteiger partial charge in [0, 0.05) is 16.6 Å². The van der Waals surface area contributed by atoms with Gasteiger partial charge in [-0.2, -0.15) is 0 Å². The predicted octanol–water partition coefficient (Wildman–Crippen LogP) is 7.75. The van der Waals surface area contributed by atoms with Crippen molar-refractivity contribution in [3.63, 3.8) is 0 Å². The summed E-state index contributed by atoms with van der Waals surface area (Å²) in [5.74, 6) is 0. The third-order valence-electron chi connectivity index (χ3n) is 5.90. The molecule has 0 saturated heterocycles. The Balaban J connectivity index is 1.84. The Morgan fingerprint density at radius 1 is 0.536 bits per heavy atom. The van der Waals surface area contributed by atoms with Gasteiger partial charge in [-0.3, -0.25) is 0 Å². The summed E-state index contributed by atoms with van der Waals surface area (Å²) in [5, 5.41) is 5.24. The lowest BCUT2D eigenvalue weighted by molar-refractivity contribution is 1.25. The number of rotatable bonds is 1. The van der Waals surface area contributed by atoms with E-state index in [4.69, 9.17) is 0 Å². The van der Waals surface area contributed by atoms with Crippen LogP contribution in [0, 0.1) is 6.92 Å². The Hall–Kier alpha value is -3.58. The van der Waals surface area contributed by atoms with Crippen LogP contribution in [-0.2, 0) is 0 Å². The van der Waals surface area contributed by atoms with E-state index in [9.17, 15) is 0 Å². The van der Waals surface area contributed by atoms with E-state index in [-0.39, 0.29) is 0 Å². The zero-order valence-electron chi connectivity index (χ0n) is 15.7. The SMILES string of the molecule is Cc1ccccc1N1c2ccccc2-c2cccc3c2c1cc1ccccc13. The van der Waals surface area contributed by atoms with Gasteiger partial charge in [-0.15, -0.1) is 0 Å². The van der Waals surface area contributed by atoms with Crippen molar-refractivity contribution in [2.45, 2.75) is 6.92 Å². The van der Waals surface area contributed by atoms with E-state index in [0.29, 0.717) is 0 Å². The fourth-order valence-electron chi connectivity index (χ4n) is 4.64. The first-order valence-electron chi connectivity index (χ1n) is 9.72. The van der Waals surface area contributed by atoms with Crippen molar-refractivity contribution in [2.24, 2.45) is 0 Å². The van der Waals surface area contributed by atoms with Crippen LogP contribution in [0.2, 0.25) is 0 Å². The number of anilines is 3. The summed E-state index contributed by atoms with van der Waals surface area (Å²) in [6, 6.07) is 35.2. The number of hydrogen-bond donors (Lipinski definition) is 0. The van der Waals surface area contributed by atoms with Crippen LogP contribution in [0.1, 0.15) is 5.56 Å². The Morgan fingerprint density at radius 2 is 1.21 bits per heavy atom. The van der Waals surface area contributed by atoms with E-state index in [1.807, 2.05) is 0 Å². The van der Waals surface area contributed by atoms with E-state index >= 15 is 0 Å². The van der Waals surface area contributed by atoms with Crippen LogP contribution >= 0.6 is 0 Å². The summed E-state index contributed by atoms with van der Waals surface area (Å²) in [6.45, 7) is 2.19. The molecule has 0 N–H and O–H groups in total. The molecule has 0 atom stereocenters. The molecule has 5 aromatic carbocycles. The van der Waals surface area contributed by atoms with Crippen molar-refractivity contribution in [1.82, 2.24) is 0 Å². The zero-order chi connectivity index (χ0) is 18.7. The molecule has 28 heavy (non-hydrogen) atoms. The lowest BCUT2D eigenvalue weighted by atomic mass is 9.88. The smallest absolute Gasteiger partial charge is 0.0553 e. The summed E-state index contributed by atoms with van der Waals surface area (Å²) in [6.07, 6.45) is 0. The Morgan fingerprint density at radius 3 is 2.11 bits per heavy atom. The first-order valence-corrected chi connectivity index (χ1v) is 9.72. The van der Waals surface area contributed by atoms with Crippen molar-refractivity contribution < 1.29 is 0 Å². The number of benzene rings is 5. The van der Waals surface area contributed by atoms with Crippen molar-refractivity contribution >= 4 is 38.6 Å². The first kappa shape index (κ1) is 15.5. The van der Waals surface area contributed by atoms with Crippen molar-refractivity contribution in [3.05, 3.63) is 103 Å². The van der Waals surface area contributed by atoms with E-state index in [1.165, 1.54) is 55.3 Å². The van der Waals surface area contributed by atoms with Crippen LogP contribution in [0.25, 0.3) is 32.7 Å². The molecule has 0 unspecified atom stereocenters. The van der Waals surface area contributed by atoms with Crippen LogP contribution in [-0.4, -0.2) is 0 Å². The minimum absolute atomic E-state index is 1.24. The van der Waals surface area contributed by atoms with E-state index in [0.717, 1.165) is 0 Å². The molecule has 0 amide bonds. The Kier molecular flexibility index (Phi) is 3.15. The van der Waals surface area contributed by atoms with Gasteiger partial charge in [0.15, 0.2) is 0 Å². The number of aryl methyl sites for hydroxylation is 1. The average Bonchev–Trinajstić information content (AvgIpc) is 2.75. The van der Waals surface area contributed by atoms with Crippen LogP contribution in [0.4, 0.5) is 17.1 Å². The van der Waals surface area contributed by atoms with Gasteiger partial charge in [0.25, 0.3) is 0 Å². The standard InChI is InChI=1S/C27H19N/c1-18-9-2-6-15-24(18)28-25-16-7-5-12-21(25)23-14-8-13-22-20-11-4-3-10-19(20)17-26(28)27(22)23/h2-17H,1H3. The van der Waals surface area contributed by atoms with Gasteiger partial charge >= 0.3 is 0 Å². The fourth-order valence-corrected chi connectivity index (χ4v) is 4.64. The molecule has 1 heterocycles. The molecule has 1 nitrogen and oxygen atoms in total. The highest BCUT2D eigenvalue weighted by Crippen LogP contribution is 2.52. The molecule has 6 rings (SSSR count). The van der Waals surface area contributed by atoms with Gasteiger partial charge in [0.1, 0.15) is 0 Å². The maximum Gasteiger partial charge on any atom is 0.0553 e. The molecule has 1 heteroatoms. The van der Waals surface area contributed by atoms with Crippen molar-refractivity contribution in [2.75, 3.05) is 4.90 Å². The van der Waals surface area contributed by atoms with Gasteiger partial charge < -0.3 is 4.90 Å². The first-order chi connectivity index (χ1) is 13.8. The molecular formula is C27H19N. The van der Waals surface area contributed by atoms with E-state index in [2.05, 4.69) is 109 Å². The Labute approximate surface area is 164 Å². The lowest BCUT2D eigenvalue weighted by Crippen LogP contribution is -2.16. The lowest BCUT2D eigenvalue weighted by Gasteiger charge is -2.34. The minimum Gasteiger partial charge on any atom is -0.309 e. The minimum atomic E-state index is 1.24. The van der Waals surface area contributed by atoms with Crippen molar-refractivity contribution in [3.8, 4) is 11.1 Å². The summed E-state index contributed by atoms with van der Waals surface area (Å²) in [5.41, 5.74) is 7.63. The second kappa shape index (κ2) is 5.71. The van der Waals surface area contributed by atoms with E-state index in [1.54, 1.807) is 0 Å². The predicted molar refractivity (Wildman–Crippen MR) is 120 cm³/mol. The molecule has 5 aromatic rings. The second-order valence-electron chi connectivity index (χ2n) is 7.48. The molecular weight excluding hydrogens is 338 g/mol. The number of para-hydroxylation sites is 2. The molecule has 0 aromatic heterocycles. The van der Waals surface area contributed by atoms with Gasteiger partial charge in [-0.05, 0) is 52.4 Å². The third kappa shape index (κ3) is 2.02. The number of fused-ring (bicyclic) bond motifs is 4. The second-order valence-corrected chi connectivity index (χ2v) is 7.48. The van der Waals surface area contributed by atoms with Gasteiger partial charge in [0.2, 0.25) is 0 Å². The largest absolute Gasteiger partial charge is 0.309 e. The maximum atomic E-state index is 2.44. The topological polar surface area (TPSA) is 3.24 Å². The van der Waals surface area contributed by atoms with Gasteiger partial charge in [-0.1, -0.05) is 78.9 Å². The van der Waals surface area contributed by atoms with Crippen LogP contribution in [0.15, 0.2) is 97.1 Å². The van der Waals surface area contributed by atoms with E-state index < -0.39 is 0 Å². The van der Waals surface area contributed by atoms with Crippen LogP contribution in [0.5, 0.6) is 0 Å². The molecule has 1 aliphatic heterocycles. The van der Waals surface area contributed by atoms with Crippen LogP contribution < -0.4 is 4.90 Å². The average molecular weight is 357 g/mol. The highest BCUT2D eigenvalue weighted by Gasteiger charge is 2.27. The summed E-state index contributed by atoms with van der Waals surface area (Å²) >= 11 is 0. The third-order valence-corrected chi connectivity index (χ3v) is 5.90. The quantitative estimate of drug-likeness (QED) is 0.272. The Bertz CT molecular complexity index is 1380. The summed E-state index contributed by atoms with van der Waals surface area (Å²) in [4.78, 5) is 2.44. The van der Waals surface area contributed by atoms with Crippen molar-refractivity contribution in [1.29, 1.82) is 0 Å². The normalized spacial score (nSPS) is 12.4. The highest BCUT2D eigenvalue weighted by atomic mass is 15.2. The van der Waals surface area contributed by atoms with Crippen LogP contribution in [0.3, 0.4) is 0 Å². The molecule has 0 spiro atoms. The molecule has 0 radical (unpaired) electrons. The highest BCUT2D eigenvalue weighted by molar-refractivity contribution is 6.22. The summed E-state index contributed by atoms with van der Waals surface area (Å²) < 4.78 is 0. The zero-order valence-corrected chi connectivity index (χ0v) is 15.7.